The first kappa shape index (κ1) is 18.2. The number of aliphatic hydroxyl groups is 1. The van der Waals surface area contributed by atoms with Crippen molar-refractivity contribution in [1.82, 2.24) is 15.0 Å². The number of hydrogen-bond donors (Lipinski definition) is 1. The van der Waals surface area contributed by atoms with Gasteiger partial charge in [0, 0.05) is 38.2 Å². The van der Waals surface area contributed by atoms with Gasteiger partial charge in [0.05, 0.1) is 12.6 Å². The Morgan fingerprint density at radius 2 is 1.93 bits per heavy atom. The molecule has 0 bridgehead atoms. The summed E-state index contributed by atoms with van der Waals surface area (Å²) in [6.07, 6.45) is 3.50. The maximum absolute atomic E-state index is 12.9. The predicted octanol–water partition coefficient (Wildman–Crippen LogP) is 2.65. The minimum atomic E-state index is -0.190. The van der Waals surface area contributed by atoms with Crippen LogP contribution in [0.25, 0.3) is 0 Å². The third-order valence-electron chi connectivity index (χ3n) is 5.69. The SMILES string of the molecule is O=C(c1cc(CN2CCC(O)CC2)on1)N1CCC[C@H](c2ccccc2)C1. The lowest BCUT2D eigenvalue weighted by molar-refractivity contribution is 0.0693. The fourth-order valence-electron chi connectivity index (χ4n) is 4.11. The van der Waals surface area contributed by atoms with Crippen LogP contribution in [0.4, 0.5) is 0 Å². The summed E-state index contributed by atoms with van der Waals surface area (Å²) in [4.78, 5) is 17.0. The molecule has 0 saturated carbocycles. The number of carbonyl (C=O) groups is 1. The molecule has 0 radical (unpaired) electrons. The molecule has 1 aromatic carbocycles. The molecule has 1 amide bonds. The van der Waals surface area contributed by atoms with Crippen molar-refractivity contribution in [1.29, 1.82) is 0 Å². The molecule has 0 unspecified atom stereocenters. The fraction of sp³-hybridized carbons (Fsp3) is 0.524. The number of carbonyl (C=O) groups excluding carboxylic acids is 1. The Bertz CT molecular complexity index is 753. The highest BCUT2D eigenvalue weighted by Gasteiger charge is 2.27. The largest absolute Gasteiger partial charge is 0.393 e. The van der Waals surface area contributed by atoms with E-state index >= 15 is 0 Å². The van der Waals surface area contributed by atoms with Crippen molar-refractivity contribution in [3.63, 3.8) is 0 Å². The predicted molar refractivity (Wildman–Crippen MR) is 101 cm³/mol. The van der Waals surface area contributed by atoms with E-state index in [-0.39, 0.29) is 12.0 Å². The van der Waals surface area contributed by atoms with Gasteiger partial charge in [-0.3, -0.25) is 9.69 Å². The molecule has 1 aromatic heterocycles. The summed E-state index contributed by atoms with van der Waals surface area (Å²) in [5.41, 5.74) is 1.69. The van der Waals surface area contributed by atoms with Crippen molar-refractivity contribution >= 4 is 5.91 Å². The summed E-state index contributed by atoms with van der Waals surface area (Å²) in [5.74, 6) is 1.06. The van der Waals surface area contributed by atoms with E-state index in [4.69, 9.17) is 4.52 Å². The zero-order valence-electron chi connectivity index (χ0n) is 15.6. The summed E-state index contributed by atoms with van der Waals surface area (Å²) in [7, 11) is 0. The second-order valence-electron chi connectivity index (χ2n) is 7.69. The third kappa shape index (κ3) is 4.39. The molecule has 2 aromatic rings. The first-order valence-electron chi connectivity index (χ1n) is 9.89. The van der Waals surface area contributed by atoms with E-state index in [1.165, 1.54) is 5.56 Å². The number of benzene rings is 1. The molecular weight excluding hydrogens is 342 g/mol. The molecule has 2 aliphatic rings. The topological polar surface area (TPSA) is 69.8 Å². The Kier molecular flexibility index (Phi) is 5.55. The molecule has 27 heavy (non-hydrogen) atoms. The van der Waals surface area contributed by atoms with E-state index in [0.717, 1.165) is 51.9 Å². The van der Waals surface area contributed by atoms with Crippen molar-refractivity contribution in [3.8, 4) is 0 Å². The van der Waals surface area contributed by atoms with E-state index in [1.807, 2.05) is 11.0 Å². The van der Waals surface area contributed by atoms with Gasteiger partial charge in [0.15, 0.2) is 11.5 Å². The molecule has 144 valence electrons. The van der Waals surface area contributed by atoms with Crippen LogP contribution in [-0.4, -0.2) is 58.3 Å². The van der Waals surface area contributed by atoms with Gasteiger partial charge < -0.3 is 14.5 Å². The summed E-state index contributed by atoms with van der Waals surface area (Å²) >= 11 is 0. The number of likely N-dealkylation sites (tertiary alicyclic amines) is 2. The lowest BCUT2D eigenvalue weighted by Gasteiger charge is -2.32. The number of rotatable bonds is 4. The van der Waals surface area contributed by atoms with Gasteiger partial charge in [-0.15, -0.1) is 0 Å². The van der Waals surface area contributed by atoms with Gasteiger partial charge in [0.1, 0.15) is 0 Å². The van der Waals surface area contributed by atoms with Gasteiger partial charge >= 0.3 is 0 Å². The Labute approximate surface area is 159 Å². The highest BCUT2D eigenvalue weighted by Crippen LogP contribution is 2.27. The van der Waals surface area contributed by atoms with Crippen molar-refractivity contribution in [2.45, 2.75) is 44.2 Å². The minimum absolute atomic E-state index is 0.0419. The van der Waals surface area contributed by atoms with E-state index in [9.17, 15) is 9.90 Å². The fourth-order valence-corrected chi connectivity index (χ4v) is 4.11. The van der Waals surface area contributed by atoms with Crippen LogP contribution in [0, 0.1) is 0 Å². The van der Waals surface area contributed by atoms with Gasteiger partial charge in [-0.05, 0) is 31.2 Å². The molecular formula is C21H27N3O3. The van der Waals surface area contributed by atoms with Gasteiger partial charge in [0.25, 0.3) is 5.91 Å². The number of nitrogens with zero attached hydrogens (tertiary/aromatic N) is 3. The second-order valence-corrected chi connectivity index (χ2v) is 7.69. The van der Waals surface area contributed by atoms with E-state index < -0.39 is 0 Å². The number of aromatic nitrogens is 1. The van der Waals surface area contributed by atoms with Crippen LogP contribution >= 0.6 is 0 Å². The maximum atomic E-state index is 12.9. The Morgan fingerprint density at radius 1 is 1.15 bits per heavy atom. The summed E-state index contributed by atoms with van der Waals surface area (Å²) in [5, 5.41) is 13.6. The van der Waals surface area contributed by atoms with Gasteiger partial charge in [0.2, 0.25) is 0 Å². The Morgan fingerprint density at radius 3 is 2.70 bits per heavy atom. The number of aliphatic hydroxyl groups excluding tert-OH is 1. The molecule has 1 atom stereocenters. The average Bonchev–Trinajstić information content (AvgIpc) is 3.18. The molecule has 1 N–H and O–H groups in total. The van der Waals surface area contributed by atoms with E-state index in [2.05, 4.69) is 34.3 Å². The first-order chi connectivity index (χ1) is 13.2. The first-order valence-corrected chi connectivity index (χ1v) is 9.89. The van der Waals surface area contributed by atoms with Crippen LogP contribution in [0.2, 0.25) is 0 Å². The number of amides is 1. The van der Waals surface area contributed by atoms with Crippen LogP contribution in [0.5, 0.6) is 0 Å². The zero-order chi connectivity index (χ0) is 18.6. The summed E-state index contributed by atoms with van der Waals surface area (Å²) in [6, 6.07) is 12.2. The molecule has 6 heteroatoms. The van der Waals surface area contributed by atoms with Crippen LogP contribution in [0.3, 0.4) is 0 Å². The van der Waals surface area contributed by atoms with Crippen molar-refractivity contribution in [2.24, 2.45) is 0 Å². The van der Waals surface area contributed by atoms with E-state index in [1.54, 1.807) is 6.07 Å². The molecule has 2 fully saturated rings. The van der Waals surface area contributed by atoms with Crippen LogP contribution < -0.4 is 0 Å². The monoisotopic (exact) mass is 369 g/mol. The molecule has 0 aliphatic carbocycles. The zero-order valence-corrected chi connectivity index (χ0v) is 15.6. The van der Waals surface area contributed by atoms with Crippen LogP contribution in [0.1, 0.15) is 53.4 Å². The summed E-state index contributed by atoms with van der Waals surface area (Å²) in [6.45, 7) is 3.83. The molecule has 2 saturated heterocycles. The number of piperidine rings is 2. The molecule has 3 heterocycles. The highest BCUT2D eigenvalue weighted by atomic mass is 16.5. The minimum Gasteiger partial charge on any atom is -0.393 e. The van der Waals surface area contributed by atoms with Crippen molar-refractivity contribution < 1.29 is 14.4 Å². The van der Waals surface area contributed by atoms with Crippen LogP contribution in [-0.2, 0) is 6.54 Å². The quantitative estimate of drug-likeness (QED) is 0.897. The van der Waals surface area contributed by atoms with Crippen molar-refractivity contribution in [2.75, 3.05) is 26.2 Å². The maximum Gasteiger partial charge on any atom is 0.276 e. The van der Waals surface area contributed by atoms with E-state index in [0.29, 0.717) is 23.9 Å². The third-order valence-corrected chi connectivity index (χ3v) is 5.69. The second kappa shape index (κ2) is 8.23. The molecule has 4 rings (SSSR count). The lowest BCUT2D eigenvalue weighted by Crippen LogP contribution is -2.39. The standard InChI is InChI=1S/C21H27N3O3/c25-18-8-11-23(12-9-18)15-19-13-20(22-27-19)21(26)24-10-4-7-17(14-24)16-5-2-1-3-6-16/h1-3,5-6,13,17-18,25H,4,7-12,14-15H2/t17-/m0/s1. The molecule has 2 aliphatic heterocycles. The van der Waals surface area contributed by atoms with Gasteiger partial charge in [-0.1, -0.05) is 35.5 Å². The highest BCUT2D eigenvalue weighted by molar-refractivity contribution is 5.92. The van der Waals surface area contributed by atoms with Crippen LogP contribution in [0.15, 0.2) is 40.9 Å². The normalized spacial score (nSPS) is 22.1. The Balaban J connectivity index is 1.37. The Hall–Kier alpha value is -2.18. The smallest absolute Gasteiger partial charge is 0.276 e. The van der Waals surface area contributed by atoms with Crippen molar-refractivity contribution in [3.05, 3.63) is 53.4 Å². The molecule has 6 nitrogen and oxygen atoms in total. The number of hydrogen-bond acceptors (Lipinski definition) is 5. The molecule has 0 spiro atoms. The van der Waals surface area contributed by atoms with Gasteiger partial charge in [-0.2, -0.15) is 0 Å². The van der Waals surface area contributed by atoms with Gasteiger partial charge in [-0.25, -0.2) is 0 Å². The lowest BCUT2D eigenvalue weighted by atomic mass is 9.90. The summed E-state index contributed by atoms with van der Waals surface area (Å²) < 4.78 is 5.42. The average molecular weight is 369 g/mol.